The summed E-state index contributed by atoms with van der Waals surface area (Å²) in [7, 11) is 1.49. The lowest BCUT2D eigenvalue weighted by atomic mass is 10.2. The Kier molecular flexibility index (Phi) is 3.61. The molecule has 0 aliphatic rings. The first-order valence-corrected chi connectivity index (χ1v) is 4.19. The number of carbonyl (C=O) groups is 1. The van der Waals surface area contributed by atoms with Gasteiger partial charge in [0.2, 0.25) is 5.89 Å². The normalized spacial score (nSPS) is 9.43. The summed E-state index contributed by atoms with van der Waals surface area (Å²) in [4.78, 5) is 14.9. The van der Waals surface area contributed by atoms with E-state index in [1.807, 2.05) is 6.07 Å². The molecule has 0 bridgehead atoms. The van der Waals surface area contributed by atoms with Crippen molar-refractivity contribution >= 4 is 5.91 Å². The summed E-state index contributed by atoms with van der Waals surface area (Å²) in [5.74, 6) is 0.0404. The van der Waals surface area contributed by atoms with Crippen LogP contribution in [0.25, 0.3) is 0 Å². The molecule has 14 heavy (non-hydrogen) atoms. The molecule has 1 aromatic rings. The summed E-state index contributed by atoms with van der Waals surface area (Å²) < 4.78 is 4.80. The third kappa shape index (κ3) is 2.55. The summed E-state index contributed by atoms with van der Waals surface area (Å²) in [6.07, 6.45) is 1.63. The van der Waals surface area contributed by atoms with Gasteiger partial charge in [-0.05, 0) is 6.42 Å². The molecule has 0 spiro atoms. The Balaban J connectivity index is 2.51. The fourth-order valence-electron chi connectivity index (χ4n) is 0.879. The van der Waals surface area contributed by atoms with Crippen LogP contribution in [0.15, 0.2) is 4.52 Å². The Bertz CT molecular complexity index is 352. The van der Waals surface area contributed by atoms with E-state index in [-0.39, 0.29) is 11.7 Å². The van der Waals surface area contributed by atoms with Crippen LogP contribution < -0.4 is 5.32 Å². The number of rotatable bonds is 4. The fraction of sp³-hybridized carbons (Fsp3) is 0.500. The van der Waals surface area contributed by atoms with Crippen LogP contribution in [0.4, 0.5) is 0 Å². The maximum Gasteiger partial charge on any atom is 0.292 e. The van der Waals surface area contributed by atoms with E-state index >= 15 is 0 Å². The smallest absolute Gasteiger partial charge is 0.292 e. The Morgan fingerprint density at radius 3 is 3.14 bits per heavy atom. The Hall–Kier alpha value is -1.90. The van der Waals surface area contributed by atoms with Crippen molar-refractivity contribution in [3.8, 4) is 6.07 Å². The van der Waals surface area contributed by atoms with Gasteiger partial charge >= 0.3 is 0 Å². The number of carbonyl (C=O) groups excluding carboxylic acids is 1. The van der Waals surface area contributed by atoms with E-state index in [0.717, 1.165) is 0 Å². The highest BCUT2D eigenvalue weighted by Crippen LogP contribution is 2.02. The predicted molar refractivity (Wildman–Crippen MR) is 46.2 cm³/mol. The number of nitrogens with zero attached hydrogens (tertiary/aromatic N) is 3. The van der Waals surface area contributed by atoms with Crippen molar-refractivity contribution in [2.24, 2.45) is 0 Å². The van der Waals surface area contributed by atoms with Gasteiger partial charge in [-0.3, -0.25) is 4.79 Å². The molecule has 0 saturated carbocycles. The molecular formula is C8H10N4O2. The Morgan fingerprint density at radius 2 is 2.50 bits per heavy atom. The lowest BCUT2D eigenvalue weighted by molar-refractivity contribution is 0.0950. The van der Waals surface area contributed by atoms with Gasteiger partial charge in [0.25, 0.3) is 11.7 Å². The maximum absolute atomic E-state index is 11.0. The lowest BCUT2D eigenvalue weighted by Gasteiger charge is -1.88. The molecule has 0 aromatic carbocycles. The average molecular weight is 194 g/mol. The average Bonchev–Trinajstić information content (AvgIpc) is 2.66. The van der Waals surface area contributed by atoms with Crippen molar-refractivity contribution in [1.29, 1.82) is 5.26 Å². The highest BCUT2D eigenvalue weighted by atomic mass is 16.5. The molecule has 1 aromatic heterocycles. The number of aromatic nitrogens is 2. The minimum Gasteiger partial charge on any atom is -0.352 e. The quantitative estimate of drug-likeness (QED) is 0.695. The van der Waals surface area contributed by atoms with Gasteiger partial charge in [0.15, 0.2) is 0 Å². The molecule has 0 fully saturated rings. The molecule has 0 radical (unpaired) electrons. The van der Waals surface area contributed by atoms with Crippen LogP contribution in [0.3, 0.4) is 0 Å². The first-order valence-electron chi connectivity index (χ1n) is 4.19. The van der Waals surface area contributed by atoms with E-state index in [2.05, 4.69) is 15.5 Å². The molecule has 1 heterocycles. The van der Waals surface area contributed by atoms with Gasteiger partial charge in [-0.15, -0.1) is 0 Å². The van der Waals surface area contributed by atoms with Gasteiger partial charge in [0, 0.05) is 19.9 Å². The summed E-state index contributed by atoms with van der Waals surface area (Å²) in [5.41, 5.74) is 0. The largest absolute Gasteiger partial charge is 0.352 e. The van der Waals surface area contributed by atoms with Gasteiger partial charge in [-0.1, -0.05) is 5.16 Å². The zero-order valence-corrected chi connectivity index (χ0v) is 7.78. The van der Waals surface area contributed by atoms with Gasteiger partial charge < -0.3 is 9.84 Å². The molecule has 0 aliphatic carbocycles. The molecule has 1 N–H and O–H groups in total. The van der Waals surface area contributed by atoms with E-state index in [0.29, 0.717) is 25.2 Å². The molecule has 0 aliphatic heterocycles. The van der Waals surface area contributed by atoms with Gasteiger partial charge in [-0.2, -0.15) is 10.2 Å². The predicted octanol–water partition coefficient (Wildman–Crippen LogP) is 0.275. The highest BCUT2D eigenvalue weighted by molar-refractivity contribution is 5.89. The molecule has 6 heteroatoms. The van der Waals surface area contributed by atoms with E-state index < -0.39 is 0 Å². The van der Waals surface area contributed by atoms with Crippen LogP contribution in [0.5, 0.6) is 0 Å². The van der Waals surface area contributed by atoms with Crippen LogP contribution in [-0.4, -0.2) is 23.1 Å². The molecule has 74 valence electrons. The van der Waals surface area contributed by atoms with Crippen molar-refractivity contribution in [2.45, 2.75) is 19.3 Å². The summed E-state index contributed by atoms with van der Waals surface area (Å²) in [6.45, 7) is 0. The van der Waals surface area contributed by atoms with Crippen molar-refractivity contribution < 1.29 is 9.32 Å². The first kappa shape index (κ1) is 10.2. The minimum absolute atomic E-state index is 0.0273. The maximum atomic E-state index is 11.0. The van der Waals surface area contributed by atoms with Crippen molar-refractivity contribution in [3.05, 3.63) is 11.7 Å². The summed E-state index contributed by atoms with van der Waals surface area (Å²) >= 11 is 0. The van der Waals surface area contributed by atoms with Crippen molar-refractivity contribution in [1.82, 2.24) is 15.5 Å². The second-order valence-corrected chi connectivity index (χ2v) is 2.60. The number of amides is 1. The Morgan fingerprint density at radius 1 is 1.71 bits per heavy atom. The molecule has 1 rings (SSSR count). The number of unbranched alkanes of at least 4 members (excludes halogenated alkanes) is 1. The summed E-state index contributed by atoms with van der Waals surface area (Å²) in [5, 5.41) is 14.2. The Labute approximate surface area is 80.9 Å². The van der Waals surface area contributed by atoms with E-state index in [1.165, 1.54) is 7.05 Å². The highest BCUT2D eigenvalue weighted by Gasteiger charge is 2.11. The standard InChI is InChI=1S/C8H10N4O2/c1-10-8(13)7-11-6(14-12-7)4-2-3-5-9/h2-4H2,1H3,(H,10,13). The van der Waals surface area contributed by atoms with Crippen LogP contribution in [0, 0.1) is 11.3 Å². The monoisotopic (exact) mass is 194 g/mol. The third-order valence-electron chi connectivity index (χ3n) is 1.58. The molecular weight excluding hydrogens is 184 g/mol. The molecule has 1 amide bonds. The number of nitriles is 1. The van der Waals surface area contributed by atoms with Crippen LogP contribution in [-0.2, 0) is 6.42 Å². The zero-order valence-electron chi connectivity index (χ0n) is 7.78. The SMILES string of the molecule is CNC(=O)c1noc(CCCC#N)n1. The zero-order chi connectivity index (χ0) is 10.4. The van der Waals surface area contributed by atoms with Gasteiger partial charge in [0.1, 0.15) is 0 Å². The second kappa shape index (κ2) is 4.97. The number of nitrogens with one attached hydrogen (secondary N) is 1. The first-order chi connectivity index (χ1) is 6.77. The summed E-state index contributed by atoms with van der Waals surface area (Å²) in [6, 6.07) is 2.01. The van der Waals surface area contributed by atoms with E-state index in [4.69, 9.17) is 9.78 Å². The van der Waals surface area contributed by atoms with E-state index in [1.54, 1.807) is 0 Å². The molecule has 0 unspecified atom stereocenters. The van der Waals surface area contributed by atoms with E-state index in [9.17, 15) is 4.79 Å². The van der Waals surface area contributed by atoms with Crippen molar-refractivity contribution in [2.75, 3.05) is 7.05 Å². The van der Waals surface area contributed by atoms with Crippen LogP contribution in [0.2, 0.25) is 0 Å². The number of hydrogen-bond acceptors (Lipinski definition) is 5. The van der Waals surface area contributed by atoms with Crippen LogP contribution >= 0.6 is 0 Å². The third-order valence-corrected chi connectivity index (χ3v) is 1.58. The topological polar surface area (TPSA) is 91.8 Å². The molecule has 0 saturated heterocycles. The number of hydrogen-bond donors (Lipinski definition) is 1. The van der Waals surface area contributed by atoms with Crippen LogP contribution in [0.1, 0.15) is 29.4 Å². The van der Waals surface area contributed by atoms with Gasteiger partial charge in [-0.25, -0.2) is 0 Å². The lowest BCUT2D eigenvalue weighted by Crippen LogP contribution is -2.19. The number of aryl methyl sites for hydroxylation is 1. The fourth-order valence-corrected chi connectivity index (χ4v) is 0.879. The van der Waals surface area contributed by atoms with Crippen molar-refractivity contribution in [3.63, 3.8) is 0 Å². The minimum atomic E-state index is -0.375. The second-order valence-electron chi connectivity index (χ2n) is 2.60. The molecule has 0 atom stereocenters. The van der Waals surface area contributed by atoms with Gasteiger partial charge in [0.05, 0.1) is 6.07 Å². The molecule has 6 nitrogen and oxygen atoms in total.